The molecule has 1 aliphatic rings. The lowest BCUT2D eigenvalue weighted by molar-refractivity contribution is 0.0191. The second-order valence-electron chi connectivity index (χ2n) is 8.72. The van der Waals surface area contributed by atoms with Crippen molar-refractivity contribution >= 4 is 6.03 Å². The van der Waals surface area contributed by atoms with Crippen LogP contribution in [0.1, 0.15) is 34.1 Å². The first-order chi connectivity index (χ1) is 15.7. The van der Waals surface area contributed by atoms with E-state index in [2.05, 4.69) is 13.8 Å². The third-order valence-electron chi connectivity index (χ3n) is 5.16. The average molecular weight is 472 g/mol. The minimum Gasteiger partial charge on any atom is -0.395 e. The molecule has 0 bridgehead atoms. The van der Waals surface area contributed by atoms with E-state index in [1.807, 2.05) is 13.8 Å². The molecule has 12 nitrogen and oxygen atoms in total. The molecule has 1 aliphatic heterocycles. The highest BCUT2D eigenvalue weighted by atomic mass is 16.5. The van der Waals surface area contributed by atoms with Crippen LogP contribution >= 0.6 is 0 Å². The van der Waals surface area contributed by atoms with Gasteiger partial charge in [-0.05, 0) is 26.2 Å². The standard InChI is InChI=1S/C21H37N5O7/c1-16(2)14-22-6-5-7-23(18(22)28)15-32-12-9-25-19(29)24(8-11-27)20(30)26(21(25)31)10-13-33-17(3)4/h16-17,27H,5-15H2,1-4H3. The minimum atomic E-state index is -0.805. The van der Waals surface area contributed by atoms with E-state index in [1.54, 1.807) is 9.80 Å². The number of hydrogen-bond acceptors (Lipinski definition) is 7. The monoisotopic (exact) mass is 471 g/mol. The van der Waals surface area contributed by atoms with Gasteiger partial charge >= 0.3 is 23.1 Å². The van der Waals surface area contributed by atoms with E-state index in [1.165, 1.54) is 0 Å². The number of hydrogen-bond donors (Lipinski definition) is 1. The van der Waals surface area contributed by atoms with Crippen molar-refractivity contribution in [3.8, 4) is 0 Å². The lowest BCUT2D eigenvalue weighted by Gasteiger charge is -2.36. The van der Waals surface area contributed by atoms with Crippen molar-refractivity contribution in [1.29, 1.82) is 0 Å². The zero-order chi connectivity index (χ0) is 24.5. The molecule has 188 valence electrons. The summed E-state index contributed by atoms with van der Waals surface area (Å²) in [5.74, 6) is 0.365. The van der Waals surface area contributed by atoms with Crippen molar-refractivity contribution in [1.82, 2.24) is 23.5 Å². The Bertz CT molecular complexity index is 950. The molecule has 0 aliphatic carbocycles. The zero-order valence-electron chi connectivity index (χ0n) is 20.1. The lowest BCUT2D eigenvalue weighted by atomic mass is 10.2. The normalized spacial score (nSPS) is 14.7. The van der Waals surface area contributed by atoms with Crippen LogP contribution in [0, 0.1) is 5.92 Å². The van der Waals surface area contributed by atoms with Crippen LogP contribution in [0.5, 0.6) is 0 Å². The summed E-state index contributed by atoms with van der Waals surface area (Å²) in [6, 6.07) is -0.0869. The summed E-state index contributed by atoms with van der Waals surface area (Å²) in [6.45, 7) is 9.18. The molecule has 1 aromatic rings. The third-order valence-corrected chi connectivity index (χ3v) is 5.16. The molecule has 0 atom stereocenters. The van der Waals surface area contributed by atoms with Gasteiger partial charge in [-0.25, -0.2) is 32.9 Å². The van der Waals surface area contributed by atoms with Gasteiger partial charge in [-0.3, -0.25) is 0 Å². The van der Waals surface area contributed by atoms with Gasteiger partial charge in [0.1, 0.15) is 6.73 Å². The second-order valence-corrected chi connectivity index (χ2v) is 8.72. The lowest BCUT2D eigenvalue weighted by Crippen LogP contribution is -2.55. The zero-order valence-corrected chi connectivity index (χ0v) is 20.1. The van der Waals surface area contributed by atoms with E-state index < -0.39 is 23.7 Å². The van der Waals surface area contributed by atoms with Crippen molar-refractivity contribution in [3.05, 3.63) is 31.5 Å². The highest BCUT2D eigenvalue weighted by molar-refractivity contribution is 5.75. The van der Waals surface area contributed by atoms with Gasteiger partial charge < -0.3 is 24.4 Å². The molecule has 0 radical (unpaired) electrons. The van der Waals surface area contributed by atoms with Gasteiger partial charge in [0.15, 0.2) is 0 Å². The van der Waals surface area contributed by atoms with Crippen molar-refractivity contribution in [2.75, 3.05) is 46.2 Å². The summed E-state index contributed by atoms with van der Waals surface area (Å²) < 4.78 is 13.7. The Kier molecular flexibility index (Phi) is 10.3. The first-order valence-corrected chi connectivity index (χ1v) is 11.5. The molecular weight excluding hydrogens is 434 g/mol. The molecule has 0 spiro atoms. The number of aliphatic hydroxyl groups excluding tert-OH is 1. The van der Waals surface area contributed by atoms with Crippen LogP contribution in [0.2, 0.25) is 0 Å². The Hall–Kier alpha value is -2.44. The molecule has 2 heterocycles. The highest BCUT2D eigenvalue weighted by Gasteiger charge is 2.26. The van der Waals surface area contributed by atoms with E-state index in [0.717, 1.165) is 26.7 Å². The molecule has 0 unspecified atom stereocenters. The fourth-order valence-electron chi connectivity index (χ4n) is 3.64. The minimum absolute atomic E-state index is 0.00291. The Labute approximate surface area is 192 Å². The van der Waals surface area contributed by atoms with Crippen LogP contribution in [-0.2, 0) is 29.1 Å². The number of aliphatic hydroxyl groups is 1. The largest absolute Gasteiger partial charge is 0.395 e. The Morgan fingerprint density at radius 1 is 0.818 bits per heavy atom. The van der Waals surface area contributed by atoms with Gasteiger partial charge in [-0.2, -0.15) is 0 Å². The maximum Gasteiger partial charge on any atom is 0.336 e. The average Bonchev–Trinajstić information content (AvgIpc) is 2.75. The van der Waals surface area contributed by atoms with Crippen LogP contribution in [-0.4, -0.2) is 86.9 Å². The Morgan fingerprint density at radius 2 is 1.36 bits per heavy atom. The second kappa shape index (κ2) is 12.7. The number of nitrogens with zero attached hydrogens (tertiary/aromatic N) is 5. The number of amides is 2. The SMILES string of the molecule is CC(C)CN1CCCN(COCCn2c(=O)n(CCO)c(=O)n(CCOC(C)C)c2=O)C1=O. The number of carbonyl (C=O) groups is 1. The first-order valence-electron chi connectivity index (χ1n) is 11.5. The van der Waals surface area contributed by atoms with Crippen LogP contribution < -0.4 is 17.1 Å². The predicted molar refractivity (Wildman–Crippen MR) is 121 cm³/mol. The maximum atomic E-state index is 12.8. The number of ether oxygens (including phenoxy) is 2. The molecular formula is C21H37N5O7. The molecule has 12 heteroatoms. The fraction of sp³-hybridized carbons (Fsp3) is 0.810. The molecule has 1 aromatic heterocycles. The van der Waals surface area contributed by atoms with Crippen molar-refractivity contribution in [2.45, 2.75) is 59.9 Å². The van der Waals surface area contributed by atoms with Gasteiger partial charge in [-0.1, -0.05) is 13.8 Å². The molecule has 1 saturated heterocycles. The van der Waals surface area contributed by atoms with Crippen LogP contribution in [0.4, 0.5) is 4.79 Å². The van der Waals surface area contributed by atoms with E-state index in [4.69, 9.17) is 9.47 Å². The van der Waals surface area contributed by atoms with E-state index in [9.17, 15) is 24.3 Å². The summed E-state index contributed by atoms with van der Waals surface area (Å²) >= 11 is 0. The van der Waals surface area contributed by atoms with E-state index in [0.29, 0.717) is 19.0 Å². The van der Waals surface area contributed by atoms with Gasteiger partial charge in [-0.15, -0.1) is 0 Å². The number of rotatable bonds is 13. The molecule has 2 amide bonds. The fourth-order valence-corrected chi connectivity index (χ4v) is 3.64. The molecule has 1 N–H and O–H groups in total. The number of carbonyl (C=O) groups excluding carboxylic acids is 1. The van der Waals surface area contributed by atoms with E-state index >= 15 is 0 Å². The van der Waals surface area contributed by atoms with Gasteiger partial charge in [0, 0.05) is 19.6 Å². The molecule has 2 rings (SSSR count). The summed E-state index contributed by atoms with van der Waals surface area (Å²) in [4.78, 5) is 54.0. The first kappa shape index (κ1) is 26.8. The van der Waals surface area contributed by atoms with Crippen LogP contribution in [0.15, 0.2) is 14.4 Å². The molecule has 1 fully saturated rings. The summed E-state index contributed by atoms with van der Waals surface area (Å²) in [7, 11) is 0. The van der Waals surface area contributed by atoms with Crippen molar-refractivity contribution in [2.24, 2.45) is 5.92 Å². The highest BCUT2D eigenvalue weighted by Crippen LogP contribution is 2.11. The Morgan fingerprint density at radius 3 is 1.91 bits per heavy atom. The molecule has 0 saturated carbocycles. The van der Waals surface area contributed by atoms with E-state index in [-0.39, 0.29) is 51.7 Å². The van der Waals surface area contributed by atoms with Gasteiger partial charge in [0.25, 0.3) is 0 Å². The van der Waals surface area contributed by atoms with Gasteiger partial charge in [0.05, 0.1) is 45.6 Å². The number of urea groups is 1. The van der Waals surface area contributed by atoms with Crippen molar-refractivity contribution in [3.63, 3.8) is 0 Å². The smallest absolute Gasteiger partial charge is 0.336 e. The third kappa shape index (κ3) is 7.27. The summed E-state index contributed by atoms with van der Waals surface area (Å²) in [5.41, 5.74) is -2.35. The summed E-state index contributed by atoms with van der Waals surface area (Å²) in [6.07, 6.45) is 0.768. The van der Waals surface area contributed by atoms with Crippen molar-refractivity contribution < 1.29 is 19.4 Å². The quantitative estimate of drug-likeness (QED) is 0.379. The topological polar surface area (TPSA) is 128 Å². The predicted octanol–water partition coefficient (Wildman–Crippen LogP) is -0.653. The van der Waals surface area contributed by atoms with Crippen LogP contribution in [0.25, 0.3) is 0 Å². The number of aromatic nitrogens is 3. The Balaban J connectivity index is 2.08. The van der Waals surface area contributed by atoms with Crippen LogP contribution in [0.3, 0.4) is 0 Å². The van der Waals surface area contributed by atoms with Gasteiger partial charge in [0.2, 0.25) is 0 Å². The maximum absolute atomic E-state index is 12.8. The summed E-state index contributed by atoms with van der Waals surface area (Å²) in [5, 5.41) is 9.24. The molecule has 33 heavy (non-hydrogen) atoms. The molecule has 0 aromatic carbocycles.